The van der Waals surface area contributed by atoms with Crippen LogP contribution < -0.4 is 15.8 Å². The number of halogens is 1. The van der Waals surface area contributed by atoms with Gasteiger partial charge in [0, 0.05) is 9.13 Å². The first kappa shape index (κ1) is 15.3. The maximum absolute atomic E-state index is 11.8. The van der Waals surface area contributed by atoms with Crippen molar-refractivity contribution in [2.45, 2.75) is 0 Å². The molecule has 0 radical (unpaired) electrons. The number of benzene rings is 2. The molecule has 2 aromatic rings. The minimum atomic E-state index is -0.502. The van der Waals surface area contributed by atoms with Gasteiger partial charge in [0.05, 0.1) is 5.69 Å². The molecule has 6 heteroatoms. The van der Waals surface area contributed by atoms with Crippen molar-refractivity contribution in [3.63, 3.8) is 0 Å². The Morgan fingerprint density at radius 2 is 1.76 bits per heavy atom. The lowest BCUT2D eigenvalue weighted by Gasteiger charge is -2.09. The first-order valence-electron chi connectivity index (χ1n) is 6.13. The van der Waals surface area contributed by atoms with E-state index < -0.39 is 5.91 Å². The lowest BCUT2D eigenvalue weighted by Crippen LogP contribution is -2.20. The maximum Gasteiger partial charge on any atom is 0.262 e. The molecule has 0 unspecified atom stereocenters. The van der Waals surface area contributed by atoms with Gasteiger partial charge in [0.25, 0.3) is 5.91 Å². The molecule has 108 valence electrons. The van der Waals surface area contributed by atoms with Gasteiger partial charge in [0.1, 0.15) is 5.75 Å². The van der Waals surface area contributed by atoms with E-state index in [2.05, 4.69) is 27.9 Å². The number of nitrogens with two attached hydrogens (primary N) is 1. The number of ether oxygens (including phenoxy) is 1. The molecular weight excluding hydrogens is 383 g/mol. The van der Waals surface area contributed by atoms with E-state index in [-0.39, 0.29) is 12.5 Å². The highest BCUT2D eigenvalue weighted by Gasteiger charge is 2.06. The number of hydrogen-bond acceptors (Lipinski definition) is 3. The van der Waals surface area contributed by atoms with Crippen LogP contribution in [0.1, 0.15) is 10.4 Å². The summed E-state index contributed by atoms with van der Waals surface area (Å²) in [5.41, 5.74) is 6.28. The summed E-state index contributed by atoms with van der Waals surface area (Å²) in [6, 6.07) is 13.8. The Balaban J connectivity index is 1.89. The highest BCUT2D eigenvalue weighted by atomic mass is 127. The van der Waals surface area contributed by atoms with Crippen LogP contribution in [0.15, 0.2) is 48.5 Å². The molecule has 0 aliphatic rings. The molecule has 0 aromatic heterocycles. The fraction of sp³-hybridized carbons (Fsp3) is 0.0667. The van der Waals surface area contributed by atoms with Crippen molar-refractivity contribution >= 4 is 40.1 Å². The van der Waals surface area contributed by atoms with Crippen molar-refractivity contribution in [3.05, 3.63) is 57.7 Å². The van der Waals surface area contributed by atoms with Crippen LogP contribution in [0.4, 0.5) is 5.69 Å². The van der Waals surface area contributed by atoms with Gasteiger partial charge >= 0.3 is 0 Å². The molecule has 0 saturated heterocycles. The summed E-state index contributed by atoms with van der Waals surface area (Å²) in [5.74, 6) is -0.256. The van der Waals surface area contributed by atoms with Gasteiger partial charge in [0.2, 0.25) is 5.91 Å². The average Bonchev–Trinajstić information content (AvgIpc) is 2.48. The van der Waals surface area contributed by atoms with E-state index in [0.717, 1.165) is 9.26 Å². The largest absolute Gasteiger partial charge is 0.484 e. The fourth-order valence-corrected chi connectivity index (χ4v) is 2.14. The third kappa shape index (κ3) is 4.45. The number of anilines is 1. The molecule has 0 bridgehead atoms. The lowest BCUT2D eigenvalue weighted by molar-refractivity contribution is -0.118. The van der Waals surface area contributed by atoms with Gasteiger partial charge in [-0.15, -0.1) is 0 Å². The van der Waals surface area contributed by atoms with Crippen molar-refractivity contribution in [1.29, 1.82) is 0 Å². The van der Waals surface area contributed by atoms with Gasteiger partial charge in [0.15, 0.2) is 6.61 Å². The molecule has 3 N–H and O–H groups in total. The van der Waals surface area contributed by atoms with Crippen molar-refractivity contribution < 1.29 is 14.3 Å². The number of amides is 2. The Bertz CT molecular complexity index is 656. The molecule has 5 nitrogen and oxygen atoms in total. The number of para-hydroxylation sites is 1. The summed E-state index contributed by atoms with van der Waals surface area (Å²) >= 11 is 2.14. The predicted molar refractivity (Wildman–Crippen MR) is 88.2 cm³/mol. The lowest BCUT2D eigenvalue weighted by atomic mass is 10.2. The standard InChI is InChI=1S/C15H13IN2O3/c16-12-3-1-2-4-13(12)18-14(19)9-21-11-7-5-10(6-8-11)15(17)20/h1-8H,9H2,(H2,17,20)(H,18,19). The predicted octanol–water partition coefficient (Wildman–Crippen LogP) is 2.41. The van der Waals surface area contributed by atoms with Crippen LogP contribution >= 0.6 is 22.6 Å². The molecule has 2 rings (SSSR count). The highest BCUT2D eigenvalue weighted by Crippen LogP contribution is 2.17. The average molecular weight is 396 g/mol. The topological polar surface area (TPSA) is 81.4 Å². The molecular formula is C15H13IN2O3. The summed E-state index contributed by atoms with van der Waals surface area (Å²) in [4.78, 5) is 22.7. The minimum absolute atomic E-state index is 0.110. The first-order chi connectivity index (χ1) is 10.1. The van der Waals surface area contributed by atoms with Gasteiger partial charge in [-0.25, -0.2) is 0 Å². The van der Waals surface area contributed by atoms with E-state index in [1.807, 2.05) is 24.3 Å². The zero-order valence-electron chi connectivity index (χ0n) is 11.0. The fourth-order valence-electron chi connectivity index (χ4n) is 1.61. The smallest absolute Gasteiger partial charge is 0.262 e. The normalized spacial score (nSPS) is 9.95. The van der Waals surface area contributed by atoms with Crippen LogP contribution in [-0.2, 0) is 4.79 Å². The summed E-state index contributed by atoms with van der Waals surface area (Å²) < 4.78 is 6.30. The zero-order chi connectivity index (χ0) is 15.2. The third-order valence-corrected chi connectivity index (χ3v) is 3.60. The Labute approximate surface area is 135 Å². The second kappa shape index (κ2) is 7.07. The van der Waals surface area contributed by atoms with E-state index in [0.29, 0.717) is 11.3 Å². The van der Waals surface area contributed by atoms with E-state index in [1.165, 1.54) is 0 Å². The monoisotopic (exact) mass is 396 g/mol. The summed E-state index contributed by atoms with van der Waals surface area (Å²) in [5, 5.41) is 2.76. The molecule has 2 amide bonds. The van der Waals surface area contributed by atoms with E-state index in [4.69, 9.17) is 10.5 Å². The minimum Gasteiger partial charge on any atom is -0.484 e. The van der Waals surface area contributed by atoms with Crippen LogP contribution in [-0.4, -0.2) is 18.4 Å². The van der Waals surface area contributed by atoms with Crippen molar-refractivity contribution in [3.8, 4) is 5.75 Å². The summed E-state index contributed by atoms with van der Waals surface area (Å²) in [7, 11) is 0. The number of primary amides is 1. The molecule has 0 fully saturated rings. The Morgan fingerprint density at radius 1 is 1.10 bits per heavy atom. The van der Waals surface area contributed by atoms with Crippen LogP contribution in [0.3, 0.4) is 0 Å². The van der Waals surface area contributed by atoms with Gasteiger partial charge < -0.3 is 15.8 Å². The number of nitrogens with one attached hydrogen (secondary N) is 1. The van der Waals surface area contributed by atoms with Crippen LogP contribution in [0.5, 0.6) is 5.75 Å². The molecule has 0 aliphatic carbocycles. The van der Waals surface area contributed by atoms with Crippen LogP contribution in [0.25, 0.3) is 0 Å². The van der Waals surface area contributed by atoms with Crippen LogP contribution in [0.2, 0.25) is 0 Å². The van der Waals surface area contributed by atoms with E-state index in [9.17, 15) is 9.59 Å². The second-order valence-electron chi connectivity index (χ2n) is 4.21. The molecule has 0 atom stereocenters. The maximum atomic E-state index is 11.8. The number of carbonyl (C=O) groups is 2. The van der Waals surface area contributed by atoms with Crippen LogP contribution in [0, 0.1) is 3.57 Å². The van der Waals surface area contributed by atoms with Gasteiger partial charge in [-0.05, 0) is 59.0 Å². The Morgan fingerprint density at radius 3 is 2.38 bits per heavy atom. The summed E-state index contributed by atoms with van der Waals surface area (Å²) in [6.45, 7) is -0.110. The summed E-state index contributed by atoms with van der Waals surface area (Å²) in [6.07, 6.45) is 0. The molecule has 0 spiro atoms. The molecule has 21 heavy (non-hydrogen) atoms. The van der Waals surface area contributed by atoms with Crippen molar-refractivity contribution in [2.24, 2.45) is 5.73 Å². The third-order valence-electron chi connectivity index (χ3n) is 2.66. The van der Waals surface area contributed by atoms with Gasteiger partial charge in [-0.1, -0.05) is 12.1 Å². The van der Waals surface area contributed by atoms with Gasteiger partial charge in [-0.2, -0.15) is 0 Å². The highest BCUT2D eigenvalue weighted by molar-refractivity contribution is 14.1. The second-order valence-corrected chi connectivity index (χ2v) is 5.37. The van der Waals surface area contributed by atoms with Crippen molar-refractivity contribution in [1.82, 2.24) is 0 Å². The number of carbonyl (C=O) groups excluding carboxylic acids is 2. The molecule has 0 heterocycles. The Hall–Kier alpha value is -2.09. The zero-order valence-corrected chi connectivity index (χ0v) is 13.2. The Kier molecular flexibility index (Phi) is 5.15. The van der Waals surface area contributed by atoms with Gasteiger partial charge in [-0.3, -0.25) is 9.59 Å². The SMILES string of the molecule is NC(=O)c1ccc(OCC(=O)Nc2ccccc2I)cc1. The molecule has 0 aliphatic heterocycles. The molecule has 2 aromatic carbocycles. The first-order valence-corrected chi connectivity index (χ1v) is 7.21. The van der Waals surface area contributed by atoms with E-state index in [1.54, 1.807) is 24.3 Å². The molecule has 0 saturated carbocycles. The number of rotatable bonds is 5. The van der Waals surface area contributed by atoms with Crippen molar-refractivity contribution in [2.75, 3.05) is 11.9 Å². The number of hydrogen-bond donors (Lipinski definition) is 2. The quantitative estimate of drug-likeness (QED) is 0.762. The van der Waals surface area contributed by atoms with E-state index >= 15 is 0 Å².